The van der Waals surface area contributed by atoms with Gasteiger partial charge < -0.3 is 11.1 Å². The largest absolute Gasteiger partial charge is 0.337 e. The van der Waals surface area contributed by atoms with Crippen LogP contribution in [0.15, 0.2) is 48.9 Å². The molecular formula is C20H29N7. The van der Waals surface area contributed by atoms with E-state index in [1.807, 2.05) is 48.9 Å². The van der Waals surface area contributed by atoms with Gasteiger partial charge in [-0.1, -0.05) is 6.07 Å². The highest BCUT2D eigenvalue weighted by molar-refractivity contribution is 5.38. The molecule has 2 aromatic rings. The summed E-state index contributed by atoms with van der Waals surface area (Å²) in [5.41, 5.74) is 7.94. The summed E-state index contributed by atoms with van der Waals surface area (Å²) in [5.74, 6) is 0.265. The first-order valence-corrected chi connectivity index (χ1v) is 9.89. The lowest BCUT2D eigenvalue weighted by Crippen LogP contribution is -2.77. The Balaban J connectivity index is 1.65. The van der Waals surface area contributed by atoms with Crippen molar-refractivity contribution < 1.29 is 0 Å². The third-order valence-electron chi connectivity index (χ3n) is 5.55. The predicted octanol–water partition coefficient (Wildman–Crippen LogP) is 1.77. The summed E-state index contributed by atoms with van der Waals surface area (Å²) in [7, 11) is 0. The Morgan fingerprint density at radius 2 is 1.85 bits per heavy atom. The maximum absolute atomic E-state index is 6.75. The molecule has 0 bridgehead atoms. The van der Waals surface area contributed by atoms with Gasteiger partial charge in [0, 0.05) is 44.8 Å². The fraction of sp³-hybridized carbons (Fsp3) is 0.500. The number of hydrazine groups is 1. The highest BCUT2D eigenvalue weighted by atomic mass is 15.7. The van der Waals surface area contributed by atoms with E-state index in [-0.39, 0.29) is 6.04 Å². The number of hydrogen-bond acceptors (Lipinski definition) is 7. The van der Waals surface area contributed by atoms with Crippen LogP contribution in [0.3, 0.4) is 0 Å². The highest BCUT2D eigenvalue weighted by Gasteiger charge is 2.47. The molecule has 0 aromatic carbocycles. The topological polar surface area (TPSA) is 82.3 Å². The minimum absolute atomic E-state index is 0.0595. The zero-order valence-corrected chi connectivity index (χ0v) is 15.7. The minimum atomic E-state index is -0.569. The molecule has 2 fully saturated rings. The third kappa shape index (κ3) is 3.96. The van der Waals surface area contributed by atoms with E-state index >= 15 is 0 Å². The fourth-order valence-corrected chi connectivity index (χ4v) is 4.14. The van der Waals surface area contributed by atoms with E-state index in [0.717, 1.165) is 38.3 Å². The molecule has 2 atom stereocenters. The average molecular weight is 368 g/mol. The first kappa shape index (κ1) is 18.3. The van der Waals surface area contributed by atoms with E-state index in [1.54, 1.807) is 0 Å². The smallest absolute Gasteiger partial charge is 0.176 e. The van der Waals surface area contributed by atoms with Gasteiger partial charge in [-0.2, -0.15) is 0 Å². The normalized spacial score (nSPS) is 26.9. The van der Waals surface area contributed by atoms with Crippen molar-refractivity contribution in [3.05, 3.63) is 54.5 Å². The molecule has 0 spiro atoms. The molecule has 4 rings (SSSR count). The molecule has 0 saturated carbocycles. The number of nitrogens with two attached hydrogens (primary N) is 1. The van der Waals surface area contributed by atoms with Crippen molar-refractivity contribution in [2.75, 3.05) is 25.0 Å². The van der Waals surface area contributed by atoms with E-state index in [4.69, 9.17) is 5.73 Å². The fourth-order valence-electron chi connectivity index (χ4n) is 4.14. The van der Waals surface area contributed by atoms with Crippen molar-refractivity contribution in [2.24, 2.45) is 5.73 Å². The molecule has 2 saturated heterocycles. The van der Waals surface area contributed by atoms with Gasteiger partial charge in [-0.3, -0.25) is 10.3 Å². The van der Waals surface area contributed by atoms with Crippen LogP contribution in [0.5, 0.6) is 0 Å². The average Bonchev–Trinajstić information content (AvgIpc) is 3.24. The van der Waals surface area contributed by atoms with Gasteiger partial charge in [0.05, 0.1) is 6.04 Å². The molecule has 2 aliphatic heterocycles. The summed E-state index contributed by atoms with van der Waals surface area (Å²) >= 11 is 0. The molecule has 0 aliphatic carbocycles. The molecule has 7 nitrogen and oxygen atoms in total. The standard InChI is InChI=1S/C20H29N7/c21-18-6-5-15-27(26-13-3-4-14-26)20(18,25-19-7-1-2-10-23-19)24-16-17-8-11-22-12-9-17/h1-2,7-12,18,24H,3-6,13-16,21H2,(H,23,25). The van der Waals surface area contributed by atoms with Crippen molar-refractivity contribution in [1.29, 1.82) is 0 Å². The lowest BCUT2D eigenvalue weighted by atomic mass is 9.97. The Kier molecular flexibility index (Phi) is 5.63. The second-order valence-corrected chi connectivity index (χ2v) is 7.35. The Labute approximate surface area is 160 Å². The van der Waals surface area contributed by atoms with E-state index in [9.17, 15) is 0 Å². The van der Waals surface area contributed by atoms with Crippen LogP contribution in [-0.4, -0.2) is 51.4 Å². The molecule has 27 heavy (non-hydrogen) atoms. The number of nitrogens with one attached hydrogen (secondary N) is 2. The van der Waals surface area contributed by atoms with Gasteiger partial charge in [0.25, 0.3) is 0 Å². The molecule has 7 heteroatoms. The van der Waals surface area contributed by atoms with Crippen LogP contribution in [-0.2, 0) is 6.54 Å². The number of aromatic nitrogens is 2. The quantitative estimate of drug-likeness (QED) is 0.671. The van der Waals surface area contributed by atoms with Crippen molar-refractivity contribution in [3.63, 3.8) is 0 Å². The molecule has 0 amide bonds. The van der Waals surface area contributed by atoms with E-state index in [1.165, 1.54) is 18.4 Å². The summed E-state index contributed by atoms with van der Waals surface area (Å²) in [6.45, 7) is 3.85. The number of anilines is 1. The summed E-state index contributed by atoms with van der Waals surface area (Å²) in [4.78, 5) is 8.63. The van der Waals surface area contributed by atoms with E-state index in [2.05, 4.69) is 30.6 Å². The van der Waals surface area contributed by atoms with Gasteiger partial charge in [-0.05, 0) is 55.5 Å². The van der Waals surface area contributed by atoms with Crippen LogP contribution in [0.2, 0.25) is 0 Å². The summed E-state index contributed by atoms with van der Waals surface area (Å²) < 4.78 is 0. The van der Waals surface area contributed by atoms with Gasteiger partial charge in [-0.25, -0.2) is 15.0 Å². The maximum Gasteiger partial charge on any atom is 0.176 e. The van der Waals surface area contributed by atoms with Crippen molar-refractivity contribution >= 4 is 5.82 Å². The van der Waals surface area contributed by atoms with E-state index < -0.39 is 5.79 Å². The monoisotopic (exact) mass is 367 g/mol. The Bertz CT molecular complexity index is 705. The summed E-state index contributed by atoms with van der Waals surface area (Å²) in [6, 6.07) is 9.95. The molecule has 2 aliphatic rings. The Morgan fingerprint density at radius 3 is 2.59 bits per heavy atom. The minimum Gasteiger partial charge on any atom is -0.337 e. The highest BCUT2D eigenvalue weighted by Crippen LogP contribution is 2.30. The lowest BCUT2D eigenvalue weighted by Gasteiger charge is -2.54. The SMILES string of the molecule is NC1CCCN(N2CCCC2)C1(NCc1ccncc1)Nc1ccccn1. The number of rotatable bonds is 6. The molecule has 2 aromatic heterocycles. The van der Waals surface area contributed by atoms with Crippen LogP contribution in [0.25, 0.3) is 0 Å². The van der Waals surface area contributed by atoms with Gasteiger partial charge in [0.2, 0.25) is 0 Å². The van der Waals surface area contributed by atoms with Crippen LogP contribution in [0, 0.1) is 0 Å². The van der Waals surface area contributed by atoms with Crippen LogP contribution < -0.4 is 16.4 Å². The second-order valence-electron chi connectivity index (χ2n) is 7.35. The molecular weight excluding hydrogens is 338 g/mol. The first-order chi connectivity index (χ1) is 13.3. The first-order valence-electron chi connectivity index (χ1n) is 9.89. The number of nitrogens with zero attached hydrogens (tertiary/aromatic N) is 4. The van der Waals surface area contributed by atoms with Gasteiger partial charge >= 0.3 is 0 Å². The molecule has 2 unspecified atom stereocenters. The second kappa shape index (κ2) is 8.31. The van der Waals surface area contributed by atoms with Gasteiger partial charge in [0.1, 0.15) is 5.82 Å². The van der Waals surface area contributed by atoms with Crippen LogP contribution in [0.1, 0.15) is 31.2 Å². The predicted molar refractivity (Wildman–Crippen MR) is 106 cm³/mol. The summed E-state index contributed by atoms with van der Waals surface area (Å²) in [5, 5.41) is 12.3. The molecule has 4 heterocycles. The number of piperidine rings is 1. The maximum atomic E-state index is 6.75. The summed E-state index contributed by atoms with van der Waals surface area (Å²) in [6.07, 6.45) is 10.00. The number of hydrogen-bond donors (Lipinski definition) is 3. The van der Waals surface area contributed by atoms with Crippen LogP contribution in [0.4, 0.5) is 5.82 Å². The Morgan fingerprint density at radius 1 is 1.04 bits per heavy atom. The van der Waals surface area contributed by atoms with E-state index in [0.29, 0.717) is 6.54 Å². The number of pyridine rings is 2. The van der Waals surface area contributed by atoms with Crippen molar-refractivity contribution in [2.45, 2.75) is 44.1 Å². The molecule has 144 valence electrons. The zero-order valence-electron chi connectivity index (χ0n) is 15.7. The lowest BCUT2D eigenvalue weighted by molar-refractivity contribution is -0.129. The van der Waals surface area contributed by atoms with Gasteiger partial charge in [0.15, 0.2) is 5.79 Å². The third-order valence-corrected chi connectivity index (χ3v) is 5.55. The molecule has 4 N–H and O–H groups in total. The molecule has 0 radical (unpaired) electrons. The van der Waals surface area contributed by atoms with Crippen molar-refractivity contribution in [1.82, 2.24) is 25.3 Å². The Hall–Kier alpha value is -2.06. The zero-order chi connectivity index (χ0) is 18.5. The van der Waals surface area contributed by atoms with Gasteiger partial charge in [-0.15, -0.1) is 0 Å². The van der Waals surface area contributed by atoms with Crippen molar-refractivity contribution in [3.8, 4) is 0 Å². The van der Waals surface area contributed by atoms with Crippen LogP contribution >= 0.6 is 0 Å².